The second-order valence-electron chi connectivity index (χ2n) is 9.88. The molecule has 0 spiro atoms. The second-order valence-corrected chi connectivity index (χ2v) is 10.3. The highest BCUT2D eigenvalue weighted by molar-refractivity contribution is 6.33. The molecule has 10 heteroatoms. The standard InChI is InChI=1S/C25H38ClN7O2/c1-17(15-34-2)31-18-3-5-19(6-4-18)32-23-11-20(21(26)12-29-23)22-13-28-14-24(33-22)30-16-25(27)7-9-35-10-8-25/h11-14,17-19,31H,3-10,15-16,27H2,1-2H3,(H,29,32)(H,30,33)/t17-,18?,19?/m1/s1. The van der Waals surface area contributed by atoms with Crippen LogP contribution in [-0.2, 0) is 9.47 Å². The third-order valence-electron chi connectivity index (χ3n) is 6.89. The highest BCUT2D eigenvalue weighted by Gasteiger charge is 2.28. The first-order chi connectivity index (χ1) is 16.9. The van der Waals surface area contributed by atoms with E-state index in [9.17, 15) is 0 Å². The van der Waals surface area contributed by atoms with E-state index in [0.717, 1.165) is 56.5 Å². The van der Waals surface area contributed by atoms with Crippen LogP contribution in [0.15, 0.2) is 24.7 Å². The Morgan fingerprint density at radius 3 is 2.63 bits per heavy atom. The zero-order valence-electron chi connectivity index (χ0n) is 20.7. The summed E-state index contributed by atoms with van der Waals surface area (Å²) in [6.45, 7) is 4.90. The normalized spacial score (nSPS) is 23.0. The SMILES string of the molecule is COC[C@@H](C)NC1CCC(Nc2cc(-c3cncc(NCC4(N)CCOCC4)n3)c(Cl)cn2)CC1. The average Bonchev–Trinajstić information content (AvgIpc) is 2.86. The number of methoxy groups -OCH3 is 1. The van der Waals surface area contributed by atoms with Crippen molar-refractivity contribution in [1.29, 1.82) is 0 Å². The molecule has 5 N–H and O–H groups in total. The van der Waals surface area contributed by atoms with Crippen LogP contribution in [0.4, 0.5) is 11.6 Å². The van der Waals surface area contributed by atoms with E-state index in [1.54, 1.807) is 25.7 Å². The zero-order chi connectivity index (χ0) is 24.7. The van der Waals surface area contributed by atoms with Gasteiger partial charge in [-0.15, -0.1) is 0 Å². The van der Waals surface area contributed by atoms with Crippen LogP contribution >= 0.6 is 11.6 Å². The van der Waals surface area contributed by atoms with E-state index in [0.29, 0.717) is 54.4 Å². The fourth-order valence-electron chi connectivity index (χ4n) is 4.83. The molecule has 35 heavy (non-hydrogen) atoms. The van der Waals surface area contributed by atoms with Gasteiger partial charge >= 0.3 is 0 Å². The molecule has 2 aromatic rings. The maximum absolute atomic E-state index is 6.51. The quantitative estimate of drug-likeness (QED) is 0.386. The lowest BCUT2D eigenvalue weighted by Crippen LogP contribution is -2.50. The van der Waals surface area contributed by atoms with E-state index in [1.807, 2.05) is 6.07 Å². The number of ether oxygens (including phenoxy) is 2. The van der Waals surface area contributed by atoms with Crippen LogP contribution in [0.3, 0.4) is 0 Å². The van der Waals surface area contributed by atoms with Crippen molar-refractivity contribution in [2.75, 3.05) is 44.1 Å². The lowest BCUT2D eigenvalue weighted by Gasteiger charge is -2.33. The minimum absolute atomic E-state index is 0.294. The molecule has 192 valence electrons. The molecule has 0 aromatic carbocycles. The topological polar surface area (TPSA) is 119 Å². The highest BCUT2D eigenvalue weighted by Crippen LogP contribution is 2.30. The zero-order valence-corrected chi connectivity index (χ0v) is 21.5. The minimum atomic E-state index is -0.294. The number of nitrogens with one attached hydrogen (secondary N) is 3. The summed E-state index contributed by atoms with van der Waals surface area (Å²) in [4.78, 5) is 13.6. The molecular formula is C25H38ClN7O2. The third-order valence-corrected chi connectivity index (χ3v) is 7.19. The van der Waals surface area contributed by atoms with Gasteiger partial charge < -0.3 is 31.2 Å². The minimum Gasteiger partial charge on any atom is -0.383 e. The first-order valence-electron chi connectivity index (χ1n) is 12.5. The van der Waals surface area contributed by atoms with E-state index < -0.39 is 0 Å². The van der Waals surface area contributed by atoms with Crippen molar-refractivity contribution < 1.29 is 9.47 Å². The van der Waals surface area contributed by atoms with Gasteiger partial charge in [0.2, 0.25) is 0 Å². The number of pyridine rings is 1. The first kappa shape index (κ1) is 26.0. The molecule has 0 radical (unpaired) electrons. The molecule has 0 bridgehead atoms. The van der Waals surface area contributed by atoms with Gasteiger partial charge in [-0.3, -0.25) is 4.98 Å². The third kappa shape index (κ3) is 7.47. The summed E-state index contributed by atoms with van der Waals surface area (Å²) in [5.74, 6) is 1.48. The lowest BCUT2D eigenvalue weighted by molar-refractivity contribution is 0.0574. The number of hydrogen-bond acceptors (Lipinski definition) is 9. The summed E-state index contributed by atoms with van der Waals surface area (Å²) >= 11 is 6.51. The number of halogens is 1. The Morgan fingerprint density at radius 1 is 1.14 bits per heavy atom. The maximum Gasteiger partial charge on any atom is 0.145 e. The molecule has 2 fully saturated rings. The molecule has 1 saturated heterocycles. The molecule has 1 atom stereocenters. The molecular weight excluding hydrogens is 466 g/mol. The van der Waals surface area contributed by atoms with E-state index in [1.165, 1.54) is 0 Å². The van der Waals surface area contributed by atoms with Crippen LogP contribution in [0.5, 0.6) is 0 Å². The van der Waals surface area contributed by atoms with Gasteiger partial charge in [-0.2, -0.15) is 0 Å². The summed E-state index contributed by atoms with van der Waals surface area (Å²) < 4.78 is 10.7. The van der Waals surface area contributed by atoms with Crippen molar-refractivity contribution >= 4 is 23.2 Å². The van der Waals surface area contributed by atoms with Crippen molar-refractivity contribution in [1.82, 2.24) is 20.3 Å². The van der Waals surface area contributed by atoms with Crippen LogP contribution < -0.4 is 21.7 Å². The molecule has 1 aliphatic heterocycles. The van der Waals surface area contributed by atoms with Crippen LogP contribution in [0.1, 0.15) is 45.4 Å². The van der Waals surface area contributed by atoms with Gasteiger partial charge in [-0.1, -0.05) is 11.6 Å². The smallest absolute Gasteiger partial charge is 0.145 e. The van der Waals surface area contributed by atoms with Crippen molar-refractivity contribution in [3.05, 3.63) is 29.7 Å². The molecule has 1 aliphatic carbocycles. The van der Waals surface area contributed by atoms with Gasteiger partial charge in [-0.25, -0.2) is 9.97 Å². The first-order valence-corrected chi connectivity index (χ1v) is 12.9. The molecule has 3 heterocycles. The molecule has 0 amide bonds. The van der Waals surface area contributed by atoms with Gasteiger partial charge in [-0.05, 0) is 51.5 Å². The summed E-state index contributed by atoms with van der Waals surface area (Å²) in [5, 5.41) is 11.1. The largest absolute Gasteiger partial charge is 0.383 e. The van der Waals surface area contributed by atoms with E-state index in [4.69, 9.17) is 31.8 Å². The number of aromatic nitrogens is 3. The number of rotatable bonds is 10. The molecule has 9 nitrogen and oxygen atoms in total. The fraction of sp³-hybridized carbons (Fsp3) is 0.640. The van der Waals surface area contributed by atoms with Gasteiger partial charge in [0.1, 0.15) is 11.6 Å². The second kappa shape index (κ2) is 12.3. The fourth-order valence-corrected chi connectivity index (χ4v) is 5.03. The van der Waals surface area contributed by atoms with Crippen molar-refractivity contribution in [3.63, 3.8) is 0 Å². The number of hydrogen-bond donors (Lipinski definition) is 4. The van der Waals surface area contributed by atoms with Crippen molar-refractivity contribution in [2.45, 2.75) is 69.1 Å². The van der Waals surface area contributed by atoms with Crippen molar-refractivity contribution in [3.8, 4) is 11.3 Å². The van der Waals surface area contributed by atoms with Gasteiger partial charge in [0.05, 0.1) is 29.7 Å². The summed E-state index contributed by atoms with van der Waals surface area (Å²) in [7, 11) is 1.74. The predicted octanol–water partition coefficient (Wildman–Crippen LogP) is 3.46. The van der Waals surface area contributed by atoms with Crippen LogP contribution in [-0.4, -0.2) is 72.1 Å². The van der Waals surface area contributed by atoms with Gasteiger partial charge in [0.15, 0.2) is 0 Å². The molecule has 2 aromatic heterocycles. The Labute approximate surface area is 212 Å². The Hall–Kier alpha value is -2.04. The Kier molecular flexibility index (Phi) is 9.13. The Morgan fingerprint density at radius 2 is 1.89 bits per heavy atom. The summed E-state index contributed by atoms with van der Waals surface area (Å²) in [6.07, 6.45) is 11.2. The summed E-state index contributed by atoms with van der Waals surface area (Å²) in [6, 6.07) is 3.25. The lowest BCUT2D eigenvalue weighted by atomic mass is 9.90. The number of nitrogens with two attached hydrogens (primary N) is 1. The van der Waals surface area contributed by atoms with Gasteiger partial charge in [0.25, 0.3) is 0 Å². The number of anilines is 2. The van der Waals surface area contributed by atoms with E-state index in [-0.39, 0.29) is 5.54 Å². The molecule has 4 rings (SSSR count). The predicted molar refractivity (Wildman–Crippen MR) is 140 cm³/mol. The van der Waals surface area contributed by atoms with E-state index in [2.05, 4.69) is 32.8 Å². The Balaban J connectivity index is 1.36. The maximum atomic E-state index is 6.51. The summed E-state index contributed by atoms with van der Waals surface area (Å²) in [5.41, 5.74) is 7.70. The van der Waals surface area contributed by atoms with Crippen molar-refractivity contribution in [2.24, 2.45) is 5.73 Å². The molecule has 1 saturated carbocycles. The van der Waals surface area contributed by atoms with Gasteiger partial charge in [0, 0.05) is 62.3 Å². The monoisotopic (exact) mass is 503 g/mol. The van der Waals surface area contributed by atoms with Crippen LogP contribution in [0, 0.1) is 0 Å². The Bertz CT molecular complexity index is 949. The molecule has 0 unspecified atom stereocenters. The average molecular weight is 504 g/mol. The van der Waals surface area contributed by atoms with Crippen LogP contribution in [0.2, 0.25) is 5.02 Å². The molecule has 2 aliphatic rings. The van der Waals surface area contributed by atoms with E-state index >= 15 is 0 Å². The number of nitrogens with zero attached hydrogens (tertiary/aromatic N) is 3. The van der Waals surface area contributed by atoms with Crippen LogP contribution in [0.25, 0.3) is 11.3 Å². The highest BCUT2D eigenvalue weighted by atomic mass is 35.5.